The van der Waals surface area contributed by atoms with Crippen LogP contribution in [-0.2, 0) is 19.2 Å². The van der Waals surface area contributed by atoms with E-state index in [0.29, 0.717) is 0 Å². The van der Waals surface area contributed by atoms with E-state index < -0.39 is 17.6 Å². The molecule has 68 valence electrons. The van der Waals surface area contributed by atoms with Crippen LogP contribution in [0.4, 0.5) is 0 Å². The number of ether oxygens (including phenoxy) is 1. The third-order valence-corrected chi connectivity index (χ3v) is 0.897. The van der Waals surface area contributed by atoms with Gasteiger partial charge in [-0.1, -0.05) is 5.16 Å². The summed E-state index contributed by atoms with van der Waals surface area (Å²) in [5.74, 6) is -1.88. The van der Waals surface area contributed by atoms with E-state index in [1.807, 2.05) is 0 Å². The predicted molar refractivity (Wildman–Crippen MR) is 40.3 cm³/mol. The van der Waals surface area contributed by atoms with Crippen molar-refractivity contribution in [2.24, 2.45) is 10.9 Å². The summed E-state index contributed by atoms with van der Waals surface area (Å²) in [5, 5.41) is 3.18. The molecule has 6 heteroatoms. The van der Waals surface area contributed by atoms with Crippen LogP contribution < -0.4 is 5.73 Å². The topological polar surface area (TPSA) is 91.0 Å². The molecular formula is C6H10N2O4. The van der Waals surface area contributed by atoms with Gasteiger partial charge in [0, 0.05) is 0 Å². The van der Waals surface area contributed by atoms with Gasteiger partial charge in [0.1, 0.15) is 6.61 Å². The Morgan fingerprint density at radius 2 is 2.08 bits per heavy atom. The molecule has 0 aromatic rings. The van der Waals surface area contributed by atoms with Crippen LogP contribution in [0.3, 0.4) is 0 Å². The summed E-state index contributed by atoms with van der Waals surface area (Å²) in [6.07, 6.45) is 0. The first-order valence-corrected chi connectivity index (χ1v) is 3.21. The van der Waals surface area contributed by atoms with Crippen molar-refractivity contribution in [2.45, 2.75) is 6.92 Å². The summed E-state index contributed by atoms with van der Waals surface area (Å²) >= 11 is 0. The Balaban J connectivity index is 4.43. The van der Waals surface area contributed by atoms with Crippen LogP contribution in [0.15, 0.2) is 5.16 Å². The van der Waals surface area contributed by atoms with Crippen LogP contribution in [0.2, 0.25) is 0 Å². The van der Waals surface area contributed by atoms with Gasteiger partial charge >= 0.3 is 5.97 Å². The normalized spacial score (nSPS) is 10.7. The molecule has 0 aromatic carbocycles. The molecule has 1 amide bonds. The van der Waals surface area contributed by atoms with E-state index in [0.717, 1.165) is 7.11 Å². The molecule has 0 rings (SSSR count). The van der Waals surface area contributed by atoms with E-state index in [1.54, 1.807) is 6.92 Å². The number of nitrogens with zero attached hydrogens (tertiary/aromatic N) is 1. The highest BCUT2D eigenvalue weighted by Gasteiger charge is 2.18. The fourth-order valence-electron chi connectivity index (χ4n) is 0.409. The van der Waals surface area contributed by atoms with Crippen molar-refractivity contribution >= 4 is 17.6 Å². The summed E-state index contributed by atoms with van der Waals surface area (Å²) in [6, 6.07) is 0. The zero-order valence-electron chi connectivity index (χ0n) is 6.86. The number of nitrogens with two attached hydrogens (primary N) is 1. The summed E-state index contributed by atoms with van der Waals surface area (Å²) in [7, 11) is 1.12. The smallest absolute Gasteiger partial charge is 0.365 e. The SMILES string of the molecule is CCO/N=C(/C(N)=O)C(=O)OC. The number of hydrogen-bond donors (Lipinski definition) is 1. The minimum atomic E-state index is -0.977. The molecule has 6 nitrogen and oxygen atoms in total. The van der Waals surface area contributed by atoms with Crippen molar-refractivity contribution in [3.8, 4) is 0 Å². The average molecular weight is 174 g/mol. The number of rotatable bonds is 4. The second-order valence-electron chi connectivity index (χ2n) is 1.71. The molecule has 0 heterocycles. The van der Waals surface area contributed by atoms with Crippen molar-refractivity contribution < 1.29 is 19.2 Å². The van der Waals surface area contributed by atoms with Crippen molar-refractivity contribution in [1.82, 2.24) is 0 Å². The lowest BCUT2D eigenvalue weighted by molar-refractivity contribution is -0.133. The van der Waals surface area contributed by atoms with Gasteiger partial charge in [-0.2, -0.15) is 0 Å². The summed E-state index contributed by atoms with van der Waals surface area (Å²) in [6.45, 7) is 1.90. The Morgan fingerprint density at radius 1 is 1.50 bits per heavy atom. The Morgan fingerprint density at radius 3 is 2.42 bits per heavy atom. The quantitative estimate of drug-likeness (QED) is 0.257. The molecule has 0 spiro atoms. The molecule has 2 N–H and O–H groups in total. The molecule has 0 saturated carbocycles. The predicted octanol–water partition coefficient (Wildman–Crippen LogP) is -0.963. The minimum absolute atomic E-state index is 0.244. The molecule has 0 aliphatic rings. The maximum absolute atomic E-state index is 10.7. The largest absolute Gasteiger partial charge is 0.464 e. The molecule has 12 heavy (non-hydrogen) atoms. The second kappa shape index (κ2) is 5.11. The van der Waals surface area contributed by atoms with Gasteiger partial charge in [0.05, 0.1) is 7.11 Å². The molecule has 0 radical (unpaired) electrons. The van der Waals surface area contributed by atoms with Crippen molar-refractivity contribution in [3.63, 3.8) is 0 Å². The number of oxime groups is 1. The summed E-state index contributed by atoms with van der Waals surface area (Å²) in [4.78, 5) is 25.7. The van der Waals surface area contributed by atoms with Gasteiger partial charge in [-0.25, -0.2) is 4.79 Å². The van der Waals surface area contributed by atoms with Crippen LogP contribution in [0, 0.1) is 0 Å². The fourth-order valence-corrected chi connectivity index (χ4v) is 0.409. The van der Waals surface area contributed by atoms with Gasteiger partial charge in [-0.3, -0.25) is 4.79 Å². The van der Waals surface area contributed by atoms with Gasteiger partial charge in [0.2, 0.25) is 0 Å². The van der Waals surface area contributed by atoms with Crippen LogP contribution in [0.5, 0.6) is 0 Å². The Hall–Kier alpha value is -1.59. The first-order chi connectivity index (χ1) is 5.63. The zero-order chi connectivity index (χ0) is 9.56. The highest BCUT2D eigenvalue weighted by atomic mass is 16.6. The number of carbonyl (C=O) groups is 2. The fraction of sp³-hybridized carbons (Fsp3) is 0.500. The highest BCUT2D eigenvalue weighted by molar-refractivity contribution is 6.63. The molecule has 0 atom stereocenters. The highest BCUT2D eigenvalue weighted by Crippen LogP contribution is 1.85. The van der Waals surface area contributed by atoms with Gasteiger partial charge < -0.3 is 15.3 Å². The number of primary amides is 1. The third-order valence-electron chi connectivity index (χ3n) is 0.897. The van der Waals surface area contributed by atoms with E-state index in [2.05, 4.69) is 14.7 Å². The van der Waals surface area contributed by atoms with E-state index in [9.17, 15) is 9.59 Å². The van der Waals surface area contributed by atoms with Crippen LogP contribution in [0.1, 0.15) is 6.92 Å². The summed E-state index contributed by atoms with van der Waals surface area (Å²) in [5.41, 5.74) is 4.26. The lowest BCUT2D eigenvalue weighted by atomic mass is 10.4. The molecule has 0 bridgehead atoms. The average Bonchev–Trinajstić information content (AvgIpc) is 2.04. The van der Waals surface area contributed by atoms with Gasteiger partial charge in [-0.15, -0.1) is 0 Å². The number of methoxy groups -OCH3 is 1. The second-order valence-corrected chi connectivity index (χ2v) is 1.71. The lowest BCUT2D eigenvalue weighted by Crippen LogP contribution is -2.31. The maximum atomic E-state index is 10.7. The molecule has 0 unspecified atom stereocenters. The lowest BCUT2D eigenvalue weighted by Gasteiger charge is -1.98. The van der Waals surface area contributed by atoms with Gasteiger partial charge in [0.25, 0.3) is 11.6 Å². The van der Waals surface area contributed by atoms with Crippen LogP contribution in [-0.4, -0.2) is 31.3 Å². The van der Waals surface area contributed by atoms with Crippen molar-refractivity contribution in [2.75, 3.05) is 13.7 Å². The molecule has 0 fully saturated rings. The first-order valence-electron chi connectivity index (χ1n) is 3.21. The molecule has 0 aliphatic carbocycles. The zero-order valence-corrected chi connectivity index (χ0v) is 6.86. The Labute approximate surface area is 69.3 Å². The molecule has 0 aromatic heterocycles. The number of amides is 1. The first kappa shape index (κ1) is 10.4. The number of carbonyl (C=O) groups excluding carboxylic acids is 2. The van der Waals surface area contributed by atoms with E-state index >= 15 is 0 Å². The monoisotopic (exact) mass is 174 g/mol. The van der Waals surface area contributed by atoms with Crippen molar-refractivity contribution in [1.29, 1.82) is 0 Å². The van der Waals surface area contributed by atoms with E-state index in [4.69, 9.17) is 5.73 Å². The number of hydrogen-bond acceptors (Lipinski definition) is 5. The van der Waals surface area contributed by atoms with Gasteiger partial charge in [-0.05, 0) is 6.92 Å². The maximum Gasteiger partial charge on any atom is 0.365 e. The summed E-state index contributed by atoms with van der Waals surface area (Å²) < 4.78 is 4.22. The standard InChI is InChI=1S/C6H10N2O4/c1-3-12-8-4(5(7)9)6(10)11-2/h3H2,1-2H3,(H2,7,9)/b8-4-. The third kappa shape index (κ3) is 3.00. The van der Waals surface area contributed by atoms with E-state index in [1.165, 1.54) is 0 Å². The van der Waals surface area contributed by atoms with E-state index in [-0.39, 0.29) is 6.61 Å². The van der Waals surface area contributed by atoms with Crippen LogP contribution in [0.25, 0.3) is 0 Å². The molecule has 0 saturated heterocycles. The molecular weight excluding hydrogens is 164 g/mol. The van der Waals surface area contributed by atoms with Crippen LogP contribution >= 0.6 is 0 Å². The minimum Gasteiger partial charge on any atom is -0.464 e. The Kier molecular flexibility index (Phi) is 4.43. The van der Waals surface area contributed by atoms with Gasteiger partial charge in [0.15, 0.2) is 0 Å². The Bertz CT molecular complexity index is 212. The number of esters is 1. The van der Waals surface area contributed by atoms with Crippen molar-refractivity contribution in [3.05, 3.63) is 0 Å². The molecule has 0 aliphatic heterocycles.